The Morgan fingerprint density at radius 2 is 2.19 bits per heavy atom. The van der Waals surface area contributed by atoms with Crippen LogP contribution >= 0.6 is 0 Å². The van der Waals surface area contributed by atoms with Gasteiger partial charge in [-0.3, -0.25) is 4.79 Å². The molecule has 1 saturated carbocycles. The topological polar surface area (TPSA) is 99.6 Å². The summed E-state index contributed by atoms with van der Waals surface area (Å²) in [5, 5.41) is 6.96. The van der Waals surface area contributed by atoms with E-state index in [-0.39, 0.29) is 24.0 Å². The Balaban J connectivity index is 1.55. The number of nitrogens with two attached hydrogens (primary N) is 1. The molecule has 3 N–H and O–H groups in total. The molecule has 3 atom stereocenters. The van der Waals surface area contributed by atoms with Gasteiger partial charge in [0, 0.05) is 30.7 Å². The standard InChI is InChI=1S/C19H25N3O4/c1-24-15-5-3-4-12(8-15)18-10-14(22-26-18)11-21-19(23)13-6-7-17(25-2)16(20)9-13/h3-5,8,10,13,16-17H,6-7,9,11,20H2,1-2H3,(H,21,23)/t13-,16+,17+/m0/s1. The second kappa shape index (κ2) is 8.33. The number of carbonyl (C=O) groups excluding carboxylic acids is 1. The first-order valence-electron chi connectivity index (χ1n) is 8.76. The van der Waals surface area contributed by atoms with Crippen LogP contribution in [0.15, 0.2) is 34.9 Å². The fourth-order valence-electron chi connectivity index (χ4n) is 3.34. The van der Waals surface area contributed by atoms with Crippen molar-refractivity contribution in [3.8, 4) is 17.1 Å². The van der Waals surface area contributed by atoms with Crippen LogP contribution < -0.4 is 15.8 Å². The Morgan fingerprint density at radius 1 is 1.35 bits per heavy atom. The number of nitrogens with zero attached hydrogens (tertiary/aromatic N) is 1. The number of aromatic nitrogens is 1. The summed E-state index contributed by atoms with van der Waals surface area (Å²) in [5.74, 6) is 1.30. The maximum atomic E-state index is 12.4. The molecule has 3 rings (SSSR count). The van der Waals surface area contributed by atoms with Crippen molar-refractivity contribution in [3.05, 3.63) is 36.0 Å². The number of carbonyl (C=O) groups is 1. The molecule has 1 fully saturated rings. The van der Waals surface area contributed by atoms with Crippen LogP contribution in [0.1, 0.15) is 25.0 Å². The quantitative estimate of drug-likeness (QED) is 0.819. The summed E-state index contributed by atoms with van der Waals surface area (Å²) < 4.78 is 15.9. The fourth-order valence-corrected chi connectivity index (χ4v) is 3.34. The van der Waals surface area contributed by atoms with Gasteiger partial charge >= 0.3 is 0 Å². The lowest BCUT2D eigenvalue weighted by Gasteiger charge is -2.32. The van der Waals surface area contributed by atoms with Gasteiger partial charge in [0.1, 0.15) is 11.4 Å². The van der Waals surface area contributed by atoms with Gasteiger partial charge in [0.05, 0.1) is 19.8 Å². The number of hydrogen-bond donors (Lipinski definition) is 2. The summed E-state index contributed by atoms with van der Waals surface area (Å²) in [5.41, 5.74) is 7.62. The first kappa shape index (κ1) is 18.4. The zero-order valence-corrected chi connectivity index (χ0v) is 15.1. The van der Waals surface area contributed by atoms with Gasteiger partial charge in [-0.05, 0) is 31.4 Å². The predicted octanol–water partition coefficient (Wildman–Crippen LogP) is 2.11. The number of ether oxygens (including phenoxy) is 2. The summed E-state index contributed by atoms with van der Waals surface area (Å²) in [6.07, 6.45) is 2.27. The summed E-state index contributed by atoms with van der Waals surface area (Å²) in [4.78, 5) is 12.4. The molecule has 1 aliphatic carbocycles. The minimum Gasteiger partial charge on any atom is -0.497 e. The minimum atomic E-state index is -0.101. The van der Waals surface area contributed by atoms with Gasteiger partial charge < -0.3 is 25.0 Å². The number of rotatable bonds is 6. The smallest absolute Gasteiger partial charge is 0.223 e. The highest BCUT2D eigenvalue weighted by Gasteiger charge is 2.31. The number of methoxy groups -OCH3 is 2. The maximum absolute atomic E-state index is 12.4. The van der Waals surface area contributed by atoms with Crippen LogP contribution in [-0.2, 0) is 16.1 Å². The Kier molecular flexibility index (Phi) is 5.90. The molecular formula is C19H25N3O4. The SMILES string of the molecule is COc1cccc(-c2cc(CNC(=O)[C@H]3CC[C@@H](OC)[C@H](N)C3)no2)c1. The van der Waals surface area contributed by atoms with Crippen LogP contribution in [0.25, 0.3) is 11.3 Å². The monoisotopic (exact) mass is 359 g/mol. The van der Waals surface area contributed by atoms with Crippen molar-refractivity contribution in [2.24, 2.45) is 11.7 Å². The number of hydrogen-bond acceptors (Lipinski definition) is 6. The molecule has 0 spiro atoms. The second-order valence-corrected chi connectivity index (χ2v) is 6.58. The van der Waals surface area contributed by atoms with Gasteiger partial charge in [0.15, 0.2) is 5.76 Å². The molecule has 2 aromatic rings. The highest BCUT2D eigenvalue weighted by molar-refractivity contribution is 5.78. The van der Waals surface area contributed by atoms with Crippen LogP contribution in [-0.4, -0.2) is 37.4 Å². The molecule has 1 aromatic heterocycles. The van der Waals surface area contributed by atoms with E-state index < -0.39 is 0 Å². The molecule has 140 valence electrons. The van der Waals surface area contributed by atoms with E-state index in [4.69, 9.17) is 19.7 Å². The maximum Gasteiger partial charge on any atom is 0.223 e. The van der Waals surface area contributed by atoms with Crippen LogP contribution in [0.2, 0.25) is 0 Å². The normalized spacial score (nSPS) is 22.8. The van der Waals surface area contributed by atoms with Gasteiger partial charge in [-0.1, -0.05) is 17.3 Å². The van der Waals surface area contributed by atoms with Crippen molar-refractivity contribution >= 4 is 5.91 Å². The number of nitrogens with one attached hydrogen (secondary N) is 1. The van der Waals surface area contributed by atoms with E-state index in [0.717, 1.165) is 24.2 Å². The first-order valence-corrected chi connectivity index (χ1v) is 8.76. The molecule has 26 heavy (non-hydrogen) atoms. The molecule has 7 nitrogen and oxygen atoms in total. The van der Waals surface area contributed by atoms with E-state index in [1.54, 1.807) is 14.2 Å². The molecule has 1 heterocycles. The first-order chi connectivity index (χ1) is 12.6. The third kappa shape index (κ3) is 4.23. The number of amides is 1. The molecule has 7 heteroatoms. The highest BCUT2D eigenvalue weighted by atomic mass is 16.5. The van der Waals surface area contributed by atoms with Gasteiger partial charge in [0.2, 0.25) is 5.91 Å². The average Bonchev–Trinajstić information content (AvgIpc) is 3.15. The molecule has 0 aliphatic heterocycles. The van der Waals surface area contributed by atoms with E-state index in [1.807, 2.05) is 30.3 Å². The third-order valence-electron chi connectivity index (χ3n) is 4.86. The average molecular weight is 359 g/mol. The van der Waals surface area contributed by atoms with Crippen molar-refractivity contribution in [1.82, 2.24) is 10.5 Å². The lowest BCUT2D eigenvalue weighted by Crippen LogP contribution is -2.45. The second-order valence-electron chi connectivity index (χ2n) is 6.58. The molecule has 0 radical (unpaired) electrons. The summed E-state index contributed by atoms with van der Waals surface area (Å²) in [6.45, 7) is 0.325. The Morgan fingerprint density at radius 3 is 2.92 bits per heavy atom. The van der Waals surface area contributed by atoms with Gasteiger partial charge in [0.25, 0.3) is 0 Å². The van der Waals surface area contributed by atoms with Crippen molar-refractivity contribution in [2.45, 2.75) is 38.0 Å². The summed E-state index contributed by atoms with van der Waals surface area (Å²) >= 11 is 0. The van der Waals surface area contributed by atoms with E-state index >= 15 is 0 Å². The van der Waals surface area contributed by atoms with E-state index in [0.29, 0.717) is 24.4 Å². The largest absolute Gasteiger partial charge is 0.497 e. The summed E-state index contributed by atoms with van der Waals surface area (Å²) in [7, 11) is 3.28. The molecule has 0 bridgehead atoms. The van der Waals surface area contributed by atoms with E-state index in [9.17, 15) is 4.79 Å². The van der Waals surface area contributed by atoms with Crippen LogP contribution in [0.5, 0.6) is 5.75 Å². The molecule has 1 aliphatic rings. The zero-order chi connectivity index (χ0) is 18.5. The van der Waals surface area contributed by atoms with Crippen LogP contribution in [0.4, 0.5) is 0 Å². The third-order valence-corrected chi connectivity index (χ3v) is 4.86. The molecular weight excluding hydrogens is 334 g/mol. The van der Waals surface area contributed by atoms with Crippen LogP contribution in [0.3, 0.4) is 0 Å². The van der Waals surface area contributed by atoms with Gasteiger partial charge in [-0.15, -0.1) is 0 Å². The molecule has 0 saturated heterocycles. The lowest BCUT2D eigenvalue weighted by atomic mass is 9.83. The zero-order valence-electron chi connectivity index (χ0n) is 15.1. The Labute approximate surface area is 152 Å². The van der Waals surface area contributed by atoms with Crippen LogP contribution in [0, 0.1) is 5.92 Å². The van der Waals surface area contributed by atoms with Gasteiger partial charge in [-0.25, -0.2) is 0 Å². The van der Waals surface area contributed by atoms with E-state index in [1.165, 1.54) is 0 Å². The fraction of sp³-hybridized carbons (Fsp3) is 0.474. The Hall–Kier alpha value is -2.38. The highest BCUT2D eigenvalue weighted by Crippen LogP contribution is 2.26. The summed E-state index contributed by atoms with van der Waals surface area (Å²) in [6, 6.07) is 9.26. The molecule has 1 aromatic carbocycles. The lowest BCUT2D eigenvalue weighted by molar-refractivity contribution is -0.127. The predicted molar refractivity (Wildman–Crippen MR) is 96.5 cm³/mol. The van der Waals surface area contributed by atoms with Crippen molar-refractivity contribution < 1.29 is 18.8 Å². The molecule has 1 amide bonds. The van der Waals surface area contributed by atoms with Crippen molar-refractivity contribution in [1.29, 1.82) is 0 Å². The van der Waals surface area contributed by atoms with E-state index in [2.05, 4.69) is 10.5 Å². The Bertz CT molecular complexity index is 746. The van der Waals surface area contributed by atoms with Crippen molar-refractivity contribution in [3.63, 3.8) is 0 Å². The van der Waals surface area contributed by atoms with Crippen molar-refractivity contribution in [2.75, 3.05) is 14.2 Å². The number of benzene rings is 1. The molecule has 0 unspecified atom stereocenters. The minimum absolute atomic E-state index is 0.000864. The van der Waals surface area contributed by atoms with Gasteiger partial charge in [-0.2, -0.15) is 0 Å².